The van der Waals surface area contributed by atoms with Crippen LogP contribution in [0.25, 0.3) is 0 Å². The molecule has 6 fully saturated rings. The Morgan fingerprint density at radius 2 is 0.600 bits per heavy atom. The third kappa shape index (κ3) is 7.61. The van der Waals surface area contributed by atoms with Gasteiger partial charge in [-0.2, -0.15) is 0 Å². The Kier molecular flexibility index (Phi) is 13.9. The van der Waals surface area contributed by atoms with Gasteiger partial charge < -0.3 is 0 Å². The number of halogens is 2. The van der Waals surface area contributed by atoms with Gasteiger partial charge in [-0.05, 0) is 173 Å². The Hall–Kier alpha value is 1.18. The molecule has 45 heavy (non-hydrogen) atoms. The molecule has 6 aliphatic rings. The van der Waals surface area contributed by atoms with E-state index in [0.717, 1.165) is 39.4 Å². The topological polar surface area (TPSA) is 0 Å². The standard InChI is InChI=1S/C41H72Cl2P2/c1-33(41(42)43)32-40(44(34-20-8-2-9-21-34,35-22-10-3-11-23-35)36-24-12-4-13-25-36)45(37-26-14-5-15-27-37,38-28-16-6-17-29-38)39-30-18-7-19-31-39/h32,34-41H,2-31H2,1H3/q+2. The van der Waals surface area contributed by atoms with Crippen molar-refractivity contribution in [2.75, 3.05) is 0 Å². The van der Waals surface area contributed by atoms with Crippen LogP contribution in [-0.4, -0.2) is 44.2 Å². The second kappa shape index (κ2) is 17.4. The van der Waals surface area contributed by atoms with Crippen molar-refractivity contribution in [2.24, 2.45) is 0 Å². The van der Waals surface area contributed by atoms with Crippen LogP contribution < -0.4 is 0 Å². The summed E-state index contributed by atoms with van der Waals surface area (Å²) >= 11 is 14.0. The smallest absolute Gasteiger partial charge is 0.100 e. The first kappa shape index (κ1) is 36.0. The first-order valence-electron chi connectivity index (χ1n) is 20.8. The minimum Gasteiger partial charge on any atom is -0.100 e. The maximum Gasteiger partial charge on any atom is 0.188 e. The maximum absolute atomic E-state index is 7.01. The van der Waals surface area contributed by atoms with Gasteiger partial charge in [0.1, 0.15) is 4.84 Å². The molecule has 0 aromatic rings. The fourth-order valence-electron chi connectivity index (χ4n) is 13.2. The molecule has 6 saturated carbocycles. The van der Waals surface area contributed by atoms with E-state index in [4.69, 9.17) is 23.2 Å². The van der Waals surface area contributed by atoms with E-state index in [-0.39, 0.29) is 4.84 Å². The molecular weight excluding hydrogens is 625 g/mol. The summed E-state index contributed by atoms with van der Waals surface area (Å²) in [6.45, 7) is 2.40. The van der Waals surface area contributed by atoms with Gasteiger partial charge in [-0.3, -0.25) is 0 Å². The lowest BCUT2D eigenvalue weighted by atomic mass is 9.98. The lowest BCUT2D eigenvalue weighted by molar-refractivity contribution is 0.441. The second-order valence-electron chi connectivity index (χ2n) is 17.2. The number of hydrogen-bond donors (Lipinski definition) is 0. The number of alkyl halides is 2. The largest absolute Gasteiger partial charge is 0.188 e. The SMILES string of the molecule is CC(=CC([P+](C1CCCCC1)(C1CCCCC1)C1CCCCC1)[P+](C1CCCCC1)(C1CCCCC1)C1CCCCC1)C(Cl)Cl. The molecule has 0 nitrogen and oxygen atoms in total. The summed E-state index contributed by atoms with van der Waals surface area (Å²) in [5.74, 6) is 0. The summed E-state index contributed by atoms with van der Waals surface area (Å²) in [7, 11) is -2.78. The average Bonchev–Trinajstić information content (AvgIpc) is 3.11. The van der Waals surface area contributed by atoms with Gasteiger partial charge in [-0.25, -0.2) is 0 Å². The van der Waals surface area contributed by atoms with E-state index in [1.165, 1.54) is 121 Å². The van der Waals surface area contributed by atoms with E-state index in [1.807, 2.05) is 0 Å². The molecule has 0 spiro atoms. The highest BCUT2D eigenvalue weighted by molar-refractivity contribution is 7.95. The van der Waals surface area contributed by atoms with Crippen molar-refractivity contribution in [3.05, 3.63) is 11.6 Å². The van der Waals surface area contributed by atoms with Gasteiger partial charge in [-0.15, -0.1) is 23.2 Å². The Morgan fingerprint density at radius 3 is 0.778 bits per heavy atom. The van der Waals surface area contributed by atoms with Crippen molar-refractivity contribution >= 4 is 37.7 Å². The minimum absolute atomic E-state index is 0.329. The lowest BCUT2D eigenvalue weighted by Gasteiger charge is -2.59. The molecule has 0 heterocycles. The normalized spacial score (nSPS) is 27.9. The predicted molar refractivity (Wildman–Crippen MR) is 208 cm³/mol. The number of allylic oxidation sites excluding steroid dienone is 2. The van der Waals surface area contributed by atoms with Crippen LogP contribution in [0, 0.1) is 0 Å². The highest BCUT2D eigenvalue weighted by Crippen LogP contribution is 2.94. The van der Waals surface area contributed by atoms with Crippen molar-refractivity contribution in [1.29, 1.82) is 0 Å². The summed E-state index contributed by atoms with van der Waals surface area (Å²) in [5.41, 5.74) is 7.66. The highest BCUT2D eigenvalue weighted by atomic mass is 35.5. The molecule has 0 aromatic carbocycles. The maximum atomic E-state index is 7.01. The molecule has 0 amide bonds. The third-order valence-corrected chi connectivity index (χ3v) is 30.8. The van der Waals surface area contributed by atoms with Crippen molar-refractivity contribution in [3.8, 4) is 0 Å². The molecular formula is C41H72Cl2P2+2. The third-order valence-electron chi connectivity index (χ3n) is 14.9. The van der Waals surface area contributed by atoms with Crippen LogP contribution >= 0.6 is 37.7 Å². The summed E-state index contributed by atoms with van der Waals surface area (Å²) < 4.78 is 0. The van der Waals surface area contributed by atoms with E-state index >= 15 is 0 Å². The van der Waals surface area contributed by atoms with Gasteiger partial charge >= 0.3 is 0 Å². The lowest BCUT2D eigenvalue weighted by Crippen LogP contribution is -2.48. The molecule has 0 unspecified atom stereocenters. The summed E-state index contributed by atoms with van der Waals surface area (Å²) in [4.78, 5) is -0.329. The van der Waals surface area contributed by atoms with Crippen molar-refractivity contribution in [2.45, 2.75) is 244 Å². The van der Waals surface area contributed by atoms with Gasteiger partial charge in [0.05, 0.1) is 48.5 Å². The Labute approximate surface area is 291 Å². The zero-order chi connectivity index (χ0) is 31.1. The van der Waals surface area contributed by atoms with Gasteiger partial charge in [0.2, 0.25) is 0 Å². The van der Waals surface area contributed by atoms with Crippen LogP contribution in [0.15, 0.2) is 11.6 Å². The molecule has 258 valence electrons. The highest BCUT2D eigenvalue weighted by Gasteiger charge is 2.74. The van der Waals surface area contributed by atoms with E-state index in [9.17, 15) is 0 Å². The van der Waals surface area contributed by atoms with Crippen LogP contribution in [0.4, 0.5) is 0 Å². The average molecular weight is 698 g/mol. The molecule has 0 saturated heterocycles. The van der Waals surface area contributed by atoms with E-state index < -0.39 is 14.5 Å². The molecule has 0 atom stereocenters. The first-order valence-corrected chi connectivity index (χ1v) is 25.8. The summed E-state index contributed by atoms with van der Waals surface area (Å²) in [5, 5.41) is 0.897. The van der Waals surface area contributed by atoms with Gasteiger partial charge in [0.15, 0.2) is 5.40 Å². The Morgan fingerprint density at radius 1 is 0.400 bits per heavy atom. The number of rotatable bonds is 10. The van der Waals surface area contributed by atoms with E-state index in [0.29, 0.717) is 0 Å². The van der Waals surface area contributed by atoms with Gasteiger partial charge in [0.25, 0.3) is 0 Å². The van der Waals surface area contributed by atoms with Crippen LogP contribution in [0.1, 0.15) is 200 Å². The monoisotopic (exact) mass is 696 g/mol. The van der Waals surface area contributed by atoms with E-state index in [1.54, 1.807) is 77.0 Å². The molecule has 0 aromatic heterocycles. The minimum atomic E-state index is -1.39. The molecule has 0 radical (unpaired) electrons. The quantitative estimate of drug-likeness (QED) is 0.121. The van der Waals surface area contributed by atoms with Crippen molar-refractivity contribution in [3.63, 3.8) is 0 Å². The van der Waals surface area contributed by atoms with E-state index in [2.05, 4.69) is 13.0 Å². The molecule has 0 bridgehead atoms. The van der Waals surface area contributed by atoms with Crippen LogP contribution in [-0.2, 0) is 0 Å². The molecule has 4 heteroatoms. The van der Waals surface area contributed by atoms with Crippen LogP contribution in [0.5, 0.6) is 0 Å². The van der Waals surface area contributed by atoms with Gasteiger partial charge in [-0.1, -0.05) is 38.5 Å². The molecule has 6 aliphatic carbocycles. The fourth-order valence-corrected chi connectivity index (χ4v) is 34.2. The second-order valence-corrected chi connectivity index (χ2v) is 27.7. The van der Waals surface area contributed by atoms with Crippen molar-refractivity contribution < 1.29 is 0 Å². The molecule has 6 rings (SSSR count). The van der Waals surface area contributed by atoms with Gasteiger partial charge in [0, 0.05) is 0 Å². The summed E-state index contributed by atoms with van der Waals surface area (Å²) in [6.07, 6.45) is 49.3. The summed E-state index contributed by atoms with van der Waals surface area (Å²) in [6, 6.07) is 0. The zero-order valence-electron chi connectivity index (χ0n) is 29.6. The molecule has 0 aliphatic heterocycles. The number of hydrogen-bond acceptors (Lipinski definition) is 0. The van der Waals surface area contributed by atoms with Crippen molar-refractivity contribution in [1.82, 2.24) is 0 Å². The predicted octanol–water partition coefficient (Wildman–Crippen LogP) is 15.1. The molecule has 0 N–H and O–H groups in total. The fraction of sp³-hybridized carbons (Fsp3) is 0.951. The van der Waals surface area contributed by atoms with Crippen LogP contribution in [0.3, 0.4) is 0 Å². The Balaban J connectivity index is 1.66. The Bertz CT molecular complexity index is 741. The first-order chi connectivity index (χ1) is 22.1. The zero-order valence-corrected chi connectivity index (χ0v) is 32.9. The van der Waals surface area contributed by atoms with Crippen LogP contribution in [0.2, 0.25) is 0 Å².